The van der Waals surface area contributed by atoms with Crippen molar-refractivity contribution in [1.82, 2.24) is 9.78 Å². The first-order chi connectivity index (χ1) is 15.1. The first-order valence-electron chi connectivity index (χ1n) is 10.2. The maximum absolute atomic E-state index is 13.9. The molecule has 7 nitrogen and oxygen atoms in total. The molecule has 1 atom stereocenters. The largest absolute Gasteiger partial charge is 0.383 e. The van der Waals surface area contributed by atoms with Gasteiger partial charge in [0.1, 0.15) is 11.5 Å². The number of halogens is 1. The Morgan fingerprint density at radius 1 is 1.03 bits per heavy atom. The van der Waals surface area contributed by atoms with Crippen LogP contribution in [0, 0.1) is 11.7 Å². The number of nitrogens with zero attached hydrogens (tertiary/aromatic N) is 3. The summed E-state index contributed by atoms with van der Waals surface area (Å²) in [7, 11) is 0. The Balaban J connectivity index is 1.21. The number of benzene rings is 2. The average molecular weight is 441 g/mol. The second-order valence-electron chi connectivity index (χ2n) is 7.69. The molecule has 1 saturated carbocycles. The molecule has 2 aromatic carbocycles. The highest BCUT2D eigenvalue weighted by atomic mass is 32.2. The molecule has 9 heteroatoms. The monoisotopic (exact) mass is 440 g/mol. The summed E-state index contributed by atoms with van der Waals surface area (Å²) in [6.07, 6.45) is 4.46. The van der Waals surface area contributed by atoms with Crippen LogP contribution < -0.4 is 13.8 Å². The van der Waals surface area contributed by atoms with E-state index < -0.39 is 11.3 Å². The molecule has 0 bridgehead atoms. The standard InChI is InChI=1S/C22H21FN4O3S/c23-17-5-1-2-6-18(17)26-14-13-21(25-26)24-22(28)15-9-11-16(12-10-15)27-19-7-3-4-8-20(19)30-31(27)29/h1-8,13-16H,9-12H2,(H,24,25,28). The first kappa shape index (κ1) is 19.7. The van der Waals surface area contributed by atoms with Crippen molar-refractivity contribution in [1.29, 1.82) is 0 Å². The molecule has 3 aromatic rings. The topological polar surface area (TPSA) is 76.5 Å². The molecule has 1 unspecified atom stereocenters. The van der Waals surface area contributed by atoms with E-state index in [0.29, 0.717) is 30.1 Å². The molecule has 0 radical (unpaired) electrons. The molecule has 2 heterocycles. The number of anilines is 2. The highest BCUT2D eigenvalue weighted by molar-refractivity contribution is 7.82. The van der Waals surface area contributed by atoms with Crippen molar-refractivity contribution in [2.24, 2.45) is 5.92 Å². The predicted octanol–water partition coefficient (Wildman–Crippen LogP) is 3.99. The van der Waals surface area contributed by atoms with Crippen LogP contribution >= 0.6 is 0 Å². The quantitative estimate of drug-likeness (QED) is 0.666. The van der Waals surface area contributed by atoms with Crippen LogP contribution in [0.2, 0.25) is 0 Å². The lowest BCUT2D eigenvalue weighted by Crippen LogP contribution is -2.40. The van der Waals surface area contributed by atoms with Gasteiger partial charge in [0, 0.05) is 24.2 Å². The van der Waals surface area contributed by atoms with Crippen LogP contribution in [0.5, 0.6) is 5.75 Å². The second-order valence-corrected chi connectivity index (χ2v) is 8.68. The summed E-state index contributed by atoms with van der Waals surface area (Å²) in [5.74, 6) is 0.384. The number of hydrogen-bond acceptors (Lipinski definition) is 4. The van der Waals surface area contributed by atoms with E-state index in [9.17, 15) is 13.4 Å². The molecule has 0 saturated heterocycles. The number of fused-ring (bicyclic) bond motifs is 1. The molecular formula is C22H21FN4O3S. The first-order valence-corrected chi connectivity index (χ1v) is 11.2. The number of para-hydroxylation sites is 3. The molecule has 1 aromatic heterocycles. The average Bonchev–Trinajstić information content (AvgIpc) is 3.37. The molecule has 1 amide bonds. The zero-order valence-corrected chi connectivity index (χ0v) is 17.4. The summed E-state index contributed by atoms with van der Waals surface area (Å²) in [6.45, 7) is 0. The zero-order valence-electron chi connectivity index (χ0n) is 16.6. The van der Waals surface area contributed by atoms with Crippen LogP contribution in [0.15, 0.2) is 60.8 Å². The van der Waals surface area contributed by atoms with Crippen molar-refractivity contribution < 1.29 is 17.6 Å². The summed E-state index contributed by atoms with van der Waals surface area (Å²) in [5.41, 5.74) is 1.16. The molecular weight excluding hydrogens is 419 g/mol. The number of nitrogens with one attached hydrogen (secondary N) is 1. The number of aromatic nitrogens is 2. The predicted molar refractivity (Wildman–Crippen MR) is 116 cm³/mol. The van der Waals surface area contributed by atoms with E-state index in [-0.39, 0.29) is 23.7 Å². The molecule has 0 spiro atoms. The van der Waals surface area contributed by atoms with Crippen LogP contribution in [0.1, 0.15) is 25.7 Å². The third kappa shape index (κ3) is 3.81. The van der Waals surface area contributed by atoms with E-state index in [1.807, 2.05) is 28.6 Å². The molecule has 1 N–H and O–H groups in total. The van der Waals surface area contributed by atoms with Crippen molar-refractivity contribution >= 4 is 28.7 Å². The van der Waals surface area contributed by atoms with Crippen LogP contribution in [-0.2, 0) is 16.1 Å². The van der Waals surface area contributed by atoms with Gasteiger partial charge in [-0.15, -0.1) is 5.10 Å². The van der Waals surface area contributed by atoms with E-state index in [1.165, 1.54) is 10.7 Å². The normalized spacial score (nSPS) is 22.6. The molecule has 160 valence electrons. The Morgan fingerprint density at radius 2 is 1.74 bits per heavy atom. The molecule has 5 rings (SSSR count). The maximum atomic E-state index is 13.9. The summed E-state index contributed by atoms with van der Waals surface area (Å²) in [5, 5.41) is 7.11. The number of carbonyl (C=O) groups is 1. The Morgan fingerprint density at radius 3 is 2.52 bits per heavy atom. The minimum Gasteiger partial charge on any atom is -0.383 e. The van der Waals surface area contributed by atoms with Gasteiger partial charge in [-0.3, -0.25) is 9.10 Å². The van der Waals surface area contributed by atoms with Crippen molar-refractivity contribution in [3.8, 4) is 11.4 Å². The van der Waals surface area contributed by atoms with Crippen molar-refractivity contribution in [3.63, 3.8) is 0 Å². The number of carbonyl (C=O) groups excluding carboxylic acids is 1. The number of amides is 1. The van der Waals surface area contributed by atoms with Crippen LogP contribution in [0.3, 0.4) is 0 Å². The van der Waals surface area contributed by atoms with E-state index in [1.54, 1.807) is 30.5 Å². The molecule has 31 heavy (non-hydrogen) atoms. The summed E-state index contributed by atoms with van der Waals surface area (Å²) < 4.78 is 35.0. The Kier molecular flexibility index (Phi) is 5.19. The van der Waals surface area contributed by atoms with Crippen LogP contribution in [0.25, 0.3) is 5.69 Å². The maximum Gasteiger partial charge on any atom is 0.319 e. The Labute approximate surface area is 181 Å². The van der Waals surface area contributed by atoms with Gasteiger partial charge in [-0.25, -0.2) is 9.07 Å². The smallest absolute Gasteiger partial charge is 0.319 e. The van der Waals surface area contributed by atoms with Crippen molar-refractivity contribution in [3.05, 3.63) is 66.6 Å². The van der Waals surface area contributed by atoms with Gasteiger partial charge in [0.15, 0.2) is 11.6 Å². The fourth-order valence-electron chi connectivity index (χ4n) is 4.19. The molecule has 1 aliphatic heterocycles. The van der Waals surface area contributed by atoms with Gasteiger partial charge in [0.2, 0.25) is 5.91 Å². The lowest BCUT2D eigenvalue weighted by atomic mass is 9.85. The van der Waals surface area contributed by atoms with Gasteiger partial charge in [-0.1, -0.05) is 24.3 Å². The lowest BCUT2D eigenvalue weighted by molar-refractivity contribution is -0.120. The second kappa shape index (κ2) is 8.14. The third-order valence-electron chi connectivity index (χ3n) is 5.76. The fourth-order valence-corrected chi connectivity index (χ4v) is 5.33. The van der Waals surface area contributed by atoms with Crippen molar-refractivity contribution in [2.45, 2.75) is 31.7 Å². The molecule has 2 aliphatic rings. The SMILES string of the molecule is O=C(Nc1ccn(-c2ccccc2F)n1)C1CCC(N2c3ccccc3OS2=O)CC1. The van der Waals surface area contributed by atoms with E-state index in [2.05, 4.69) is 10.4 Å². The highest BCUT2D eigenvalue weighted by Crippen LogP contribution is 2.41. The van der Waals surface area contributed by atoms with Gasteiger partial charge in [0.05, 0.1) is 5.69 Å². The zero-order chi connectivity index (χ0) is 21.4. The summed E-state index contributed by atoms with van der Waals surface area (Å²) in [6, 6.07) is 15.5. The molecule has 1 aliphatic carbocycles. The highest BCUT2D eigenvalue weighted by Gasteiger charge is 2.37. The van der Waals surface area contributed by atoms with Gasteiger partial charge in [-0.2, -0.15) is 4.21 Å². The third-order valence-corrected chi connectivity index (χ3v) is 6.90. The molecule has 1 fully saturated rings. The van der Waals surface area contributed by atoms with Crippen LogP contribution in [0.4, 0.5) is 15.9 Å². The van der Waals surface area contributed by atoms with Gasteiger partial charge in [0.25, 0.3) is 0 Å². The van der Waals surface area contributed by atoms with Crippen molar-refractivity contribution in [2.75, 3.05) is 9.62 Å². The fraction of sp³-hybridized carbons (Fsp3) is 0.273. The van der Waals surface area contributed by atoms with Crippen LogP contribution in [-0.4, -0.2) is 25.9 Å². The summed E-state index contributed by atoms with van der Waals surface area (Å²) in [4.78, 5) is 12.7. The van der Waals surface area contributed by atoms with Gasteiger partial charge in [-0.05, 0) is 49.9 Å². The minimum atomic E-state index is -1.54. The van der Waals surface area contributed by atoms with E-state index in [0.717, 1.165) is 18.5 Å². The minimum absolute atomic E-state index is 0.0637. The number of rotatable bonds is 4. The Bertz CT molecular complexity index is 1140. The van der Waals surface area contributed by atoms with Gasteiger partial charge < -0.3 is 9.50 Å². The Hall–Kier alpha value is -3.20. The lowest BCUT2D eigenvalue weighted by Gasteiger charge is -2.32. The van der Waals surface area contributed by atoms with E-state index >= 15 is 0 Å². The number of hydrogen-bond donors (Lipinski definition) is 1. The summed E-state index contributed by atoms with van der Waals surface area (Å²) >= 11 is -1.54. The van der Waals surface area contributed by atoms with Gasteiger partial charge >= 0.3 is 11.3 Å². The van der Waals surface area contributed by atoms with E-state index in [4.69, 9.17) is 4.18 Å².